The third kappa shape index (κ3) is 2.89. The molecule has 116 valence electrons. The van der Waals surface area contributed by atoms with E-state index in [1.165, 1.54) is 0 Å². The fraction of sp³-hybridized carbons (Fsp3) is 0.500. The van der Waals surface area contributed by atoms with Gasteiger partial charge < -0.3 is 5.73 Å². The number of sulfonamides is 1. The van der Waals surface area contributed by atoms with Gasteiger partial charge in [0, 0.05) is 18.7 Å². The Morgan fingerprint density at radius 2 is 2.14 bits per heavy atom. The number of halogens is 1. The lowest BCUT2D eigenvalue weighted by Crippen LogP contribution is -2.52. The Balaban J connectivity index is 2.40. The van der Waals surface area contributed by atoms with Gasteiger partial charge in [-0.3, -0.25) is 10.1 Å². The maximum Gasteiger partial charge on any atom is 0.304 e. The first-order chi connectivity index (χ1) is 9.75. The lowest BCUT2D eigenvalue weighted by molar-refractivity contribution is -0.387. The summed E-state index contributed by atoms with van der Waals surface area (Å²) >= 11 is 0. The average molecular weight is 317 g/mol. The molecule has 1 saturated heterocycles. The summed E-state index contributed by atoms with van der Waals surface area (Å²) < 4.78 is 39.7. The minimum Gasteiger partial charge on any atom is -0.315 e. The van der Waals surface area contributed by atoms with Crippen LogP contribution in [0, 0.1) is 21.8 Å². The smallest absolute Gasteiger partial charge is 0.304 e. The number of piperidine rings is 1. The molecule has 21 heavy (non-hydrogen) atoms. The number of rotatable bonds is 3. The molecule has 2 rings (SSSR count). The molecule has 9 heteroatoms. The Kier molecular flexibility index (Phi) is 4.26. The molecule has 7 nitrogen and oxygen atoms in total. The molecule has 2 N–H and O–H groups in total. The predicted molar refractivity (Wildman–Crippen MR) is 73.3 cm³/mol. The Bertz CT molecular complexity index is 664. The molecule has 0 bridgehead atoms. The van der Waals surface area contributed by atoms with Gasteiger partial charge in [-0.15, -0.1) is 0 Å². The minimum absolute atomic E-state index is 0.00331. The van der Waals surface area contributed by atoms with Gasteiger partial charge in [0.2, 0.25) is 15.8 Å². The molecule has 0 spiro atoms. The van der Waals surface area contributed by atoms with E-state index in [1.807, 2.05) is 6.92 Å². The highest BCUT2D eigenvalue weighted by molar-refractivity contribution is 7.89. The van der Waals surface area contributed by atoms with Crippen LogP contribution in [0.4, 0.5) is 10.1 Å². The fourth-order valence-corrected chi connectivity index (χ4v) is 4.05. The highest BCUT2D eigenvalue weighted by Crippen LogP contribution is 2.28. The zero-order valence-electron chi connectivity index (χ0n) is 11.4. The van der Waals surface area contributed by atoms with Crippen molar-refractivity contribution in [1.82, 2.24) is 4.31 Å². The van der Waals surface area contributed by atoms with Crippen LogP contribution >= 0.6 is 0 Å². The van der Waals surface area contributed by atoms with Crippen LogP contribution in [-0.4, -0.2) is 30.4 Å². The van der Waals surface area contributed by atoms with Gasteiger partial charge >= 0.3 is 5.69 Å². The van der Waals surface area contributed by atoms with Gasteiger partial charge in [0.1, 0.15) is 0 Å². The maximum absolute atomic E-state index is 13.6. The summed E-state index contributed by atoms with van der Waals surface area (Å²) in [6.45, 7) is 2.11. The number of nitrogens with two attached hydrogens (primary N) is 1. The van der Waals surface area contributed by atoms with E-state index >= 15 is 0 Å². The van der Waals surface area contributed by atoms with Crippen LogP contribution in [0.15, 0.2) is 23.1 Å². The summed E-state index contributed by atoms with van der Waals surface area (Å²) in [5.74, 6) is -1.18. The van der Waals surface area contributed by atoms with Crippen molar-refractivity contribution >= 4 is 15.7 Å². The summed E-state index contributed by atoms with van der Waals surface area (Å²) in [6, 6.07) is 2.54. The zero-order valence-corrected chi connectivity index (χ0v) is 12.2. The van der Waals surface area contributed by atoms with E-state index in [9.17, 15) is 22.9 Å². The van der Waals surface area contributed by atoms with Crippen LogP contribution in [0.3, 0.4) is 0 Å². The lowest BCUT2D eigenvalue weighted by atomic mass is 9.99. The highest BCUT2D eigenvalue weighted by atomic mass is 32.2. The van der Waals surface area contributed by atoms with Crippen molar-refractivity contribution in [1.29, 1.82) is 0 Å². The van der Waals surface area contributed by atoms with Gasteiger partial charge in [0.25, 0.3) is 0 Å². The summed E-state index contributed by atoms with van der Waals surface area (Å²) in [5, 5.41) is 10.6. The standard InChI is InChI=1S/C12H16FN3O4S/c1-8-3-2-6-15(12(8)14)21(19,20)9-4-5-11(16(17)18)10(13)7-9/h4-5,7-8,12H,2-3,6,14H2,1H3. The molecular formula is C12H16FN3O4S. The maximum atomic E-state index is 13.6. The molecule has 1 aromatic carbocycles. The van der Waals surface area contributed by atoms with Gasteiger partial charge in [0.15, 0.2) is 0 Å². The van der Waals surface area contributed by atoms with E-state index < -0.39 is 32.6 Å². The quantitative estimate of drug-likeness (QED) is 0.670. The number of benzene rings is 1. The van der Waals surface area contributed by atoms with E-state index in [4.69, 9.17) is 5.73 Å². The molecule has 0 amide bonds. The van der Waals surface area contributed by atoms with Gasteiger partial charge in [-0.2, -0.15) is 8.70 Å². The van der Waals surface area contributed by atoms with Crippen molar-refractivity contribution < 1.29 is 17.7 Å². The van der Waals surface area contributed by atoms with E-state index in [1.54, 1.807) is 0 Å². The van der Waals surface area contributed by atoms with Gasteiger partial charge in [0.05, 0.1) is 16.0 Å². The second-order valence-electron chi connectivity index (χ2n) is 5.10. The Labute approximate surface area is 121 Å². The van der Waals surface area contributed by atoms with Crippen molar-refractivity contribution in [3.8, 4) is 0 Å². The van der Waals surface area contributed by atoms with Crippen LogP contribution in [0.5, 0.6) is 0 Å². The molecule has 0 aliphatic carbocycles. The largest absolute Gasteiger partial charge is 0.315 e. The molecule has 0 aromatic heterocycles. The van der Waals surface area contributed by atoms with Crippen LogP contribution in [0.25, 0.3) is 0 Å². The first-order valence-electron chi connectivity index (χ1n) is 6.46. The summed E-state index contributed by atoms with van der Waals surface area (Å²) in [4.78, 5) is 9.34. The molecule has 1 aliphatic heterocycles. The van der Waals surface area contributed by atoms with Crippen molar-refractivity contribution in [2.24, 2.45) is 11.7 Å². The molecule has 1 heterocycles. The van der Waals surface area contributed by atoms with Crippen molar-refractivity contribution in [3.63, 3.8) is 0 Å². The summed E-state index contributed by atoms with van der Waals surface area (Å²) in [7, 11) is -3.96. The average Bonchev–Trinajstić information content (AvgIpc) is 2.41. The molecule has 2 unspecified atom stereocenters. The molecule has 0 saturated carbocycles. The first kappa shape index (κ1) is 15.8. The second kappa shape index (κ2) is 5.66. The van der Waals surface area contributed by atoms with Crippen molar-refractivity contribution in [2.75, 3.05) is 6.54 Å². The van der Waals surface area contributed by atoms with Crippen molar-refractivity contribution in [2.45, 2.75) is 30.8 Å². The van der Waals surface area contributed by atoms with E-state index in [0.29, 0.717) is 12.5 Å². The highest BCUT2D eigenvalue weighted by Gasteiger charge is 2.35. The number of nitrogens with zero attached hydrogens (tertiary/aromatic N) is 2. The zero-order chi connectivity index (χ0) is 15.8. The van der Waals surface area contributed by atoms with E-state index in [2.05, 4.69) is 0 Å². The van der Waals surface area contributed by atoms with Gasteiger partial charge in [-0.25, -0.2) is 8.42 Å². The number of hydrogen-bond donors (Lipinski definition) is 1. The third-order valence-electron chi connectivity index (χ3n) is 3.68. The molecule has 1 aromatic rings. The number of nitro groups is 1. The topological polar surface area (TPSA) is 107 Å². The molecule has 2 atom stereocenters. The van der Waals surface area contributed by atoms with Gasteiger partial charge in [-0.05, 0) is 24.8 Å². The van der Waals surface area contributed by atoms with Crippen LogP contribution in [0.1, 0.15) is 19.8 Å². The summed E-state index contributed by atoms with van der Waals surface area (Å²) in [6.07, 6.45) is 0.813. The number of nitro benzene ring substituents is 1. The minimum atomic E-state index is -3.96. The second-order valence-corrected chi connectivity index (χ2v) is 6.99. The first-order valence-corrected chi connectivity index (χ1v) is 7.90. The third-order valence-corrected chi connectivity index (χ3v) is 5.57. The van der Waals surface area contributed by atoms with Crippen LogP contribution < -0.4 is 5.73 Å². The summed E-state index contributed by atoms with van der Waals surface area (Å²) in [5.41, 5.74) is 5.15. The van der Waals surface area contributed by atoms with Crippen LogP contribution in [-0.2, 0) is 10.0 Å². The van der Waals surface area contributed by atoms with Gasteiger partial charge in [-0.1, -0.05) is 6.92 Å². The Hall–Kier alpha value is -1.58. The Morgan fingerprint density at radius 3 is 2.71 bits per heavy atom. The molecular weight excluding hydrogens is 301 g/mol. The number of hydrogen-bond acceptors (Lipinski definition) is 5. The van der Waals surface area contributed by atoms with E-state index in [0.717, 1.165) is 22.9 Å². The van der Waals surface area contributed by atoms with Crippen molar-refractivity contribution in [3.05, 3.63) is 34.1 Å². The van der Waals surface area contributed by atoms with Crippen LogP contribution in [0.2, 0.25) is 0 Å². The van der Waals surface area contributed by atoms with E-state index in [-0.39, 0.29) is 17.4 Å². The Morgan fingerprint density at radius 1 is 1.48 bits per heavy atom. The molecule has 1 aliphatic rings. The normalized spacial score (nSPS) is 24.0. The lowest BCUT2D eigenvalue weighted by Gasteiger charge is -2.36. The fourth-order valence-electron chi connectivity index (χ4n) is 2.38. The monoisotopic (exact) mass is 317 g/mol. The molecule has 0 radical (unpaired) electrons. The predicted octanol–water partition coefficient (Wildman–Crippen LogP) is 1.44. The SMILES string of the molecule is CC1CCCN(S(=O)(=O)c2ccc([N+](=O)[O-])c(F)c2)C1N. The molecule has 1 fully saturated rings.